The SMILES string of the molecule is COc1ccc2c(c1)C=C(c1c(C(=O)N3C[C@@H](C)O[C@@H](C)C3)cnn1-c1ccccc1)Cn1c-2c(C2CCCCC2)c2ccc(C(=O)NS(=O)(=O)C(C)C)cc21. The van der Waals surface area contributed by atoms with Crippen LogP contribution in [-0.4, -0.2) is 77.1 Å². The van der Waals surface area contributed by atoms with Crippen molar-refractivity contribution in [3.63, 3.8) is 0 Å². The van der Waals surface area contributed by atoms with Gasteiger partial charge in [-0.05, 0) is 112 Å². The van der Waals surface area contributed by atoms with Gasteiger partial charge in [0, 0.05) is 35.1 Å². The van der Waals surface area contributed by atoms with E-state index in [4.69, 9.17) is 14.6 Å². The number of nitrogens with zero attached hydrogens (tertiary/aromatic N) is 4. The number of rotatable bonds is 8. The van der Waals surface area contributed by atoms with Gasteiger partial charge in [0.2, 0.25) is 10.0 Å². The number of hydrogen-bond acceptors (Lipinski definition) is 7. The van der Waals surface area contributed by atoms with Crippen LogP contribution in [0.5, 0.6) is 5.75 Å². The Morgan fingerprint density at radius 2 is 1.66 bits per heavy atom. The second-order valence-corrected chi connectivity index (χ2v) is 17.9. The van der Waals surface area contributed by atoms with Crippen molar-refractivity contribution in [2.75, 3.05) is 20.2 Å². The molecule has 11 nitrogen and oxygen atoms in total. The highest BCUT2D eigenvalue weighted by Crippen LogP contribution is 2.48. The quantitative estimate of drug-likeness (QED) is 0.171. The summed E-state index contributed by atoms with van der Waals surface area (Å²) in [7, 11) is -2.20. The number of allylic oxidation sites excluding steroid dienone is 1. The average molecular weight is 776 g/mol. The summed E-state index contributed by atoms with van der Waals surface area (Å²) in [5, 5.41) is 5.13. The molecule has 0 spiro atoms. The highest BCUT2D eigenvalue weighted by atomic mass is 32.2. The van der Waals surface area contributed by atoms with E-state index in [1.807, 2.05) is 78.0 Å². The average Bonchev–Trinajstić information content (AvgIpc) is 3.72. The van der Waals surface area contributed by atoms with Crippen LogP contribution in [0.2, 0.25) is 0 Å². The third kappa shape index (κ3) is 6.93. The van der Waals surface area contributed by atoms with Gasteiger partial charge in [-0.3, -0.25) is 9.59 Å². The molecule has 0 radical (unpaired) electrons. The van der Waals surface area contributed by atoms with Gasteiger partial charge in [0.25, 0.3) is 11.8 Å². The molecule has 8 rings (SSSR count). The van der Waals surface area contributed by atoms with Crippen LogP contribution >= 0.6 is 0 Å². The number of nitrogens with one attached hydrogen (secondary N) is 1. The van der Waals surface area contributed by atoms with Crippen molar-refractivity contribution in [3.8, 4) is 22.7 Å². The first-order valence-corrected chi connectivity index (χ1v) is 21.2. The third-order valence-electron chi connectivity index (χ3n) is 11.4. The smallest absolute Gasteiger partial charge is 0.264 e. The molecule has 2 aliphatic heterocycles. The Morgan fingerprint density at radius 3 is 2.36 bits per heavy atom. The minimum atomic E-state index is -3.86. The largest absolute Gasteiger partial charge is 0.497 e. The monoisotopic (exact) mass is 775 g/mol. The van der Waals surface area contributed by atoms with E-state index in [1.165, 1.54) is 12.0 Å². The fourth-order valence-electron chi connectivity index (χ4n) is 8.73. The number of carbonyl (C=O) groups excluding carboxylic acids is 2. The highest BCUT2D eigenvalue weighted by Gasteiger charge is 2.34. The van der Waals surface area contributed by atoms with E-state index in [-0.39, 0.29) is 29.6 Å². The van der Waals surface area contributed by atoms with Crippen molar-refractivity contribution in [1.82, 2.24) is 24.0 Å². The standard InChI is InChI=1S/C44H49N5O6S/c1-27(2)56(52,53)46-43(50)31-16-18-37-39(22-31)48-26-33(20-32-21-35(54-5)17-19-36(32)42(48)40(37)30-12-8-6-9-13-30)41-38(23-45-49(41)34-14-10-7-11-15-34)44(51)47-24-28(3)55-29(4)25-47/h7,10-11,14-23,27-30H,6,8-9,12-13,24-26H2,1-5H3,(H,46,50)/t28-,29+. The summed E-state index contributed by atoms with van der Waals surface area (Å²) < 4.78 is 43.8. The van der Waals surface area contributed by atoms with E-state index in [9.17, 15) is 18.0 Å². The Bertz CT molecular complexity index is 2450. The Balaban J connectivity index is 1.38. The summed E-state index contributed by atoms with van der Waals surface area (Å²) in [6.45, 7) is 8.33. The first-order chi connectivity index (χ1) is 26.9. The van der Waals surface area contributed by atoms with E-state index < -0.39 is 21.2 Å². The van der Waals surface area contributed by atoms with Gasteiger partial charge in [-0.2, -0.15) is 5.10 Å². The van der Waals surface area contributed by atoms with Crippen LogP contribution in [-0.2, 0) is 21.3 Å². The van der Waals surface area contributed by atoms with Crippen molar-refractivity contribution in [1.29, 1.82) is 0 Å². The zero-order chi connectivity index (χ0) is 39.3. The summed E-state index contributed by atoms with van der Waals surface area (Å²) in [6.07, 6.45) is 9.14. The lowest BCUT2D eigenvalue weighted by Gasteiger charge is -2.35. The molecule has 1 aliphatic carbocycles. The van der Waals surface area contributed by atoms with Crippen LogP contribution < -0.4 is 9.46 Å². The van der Waals surface area contributed by atoms with Gasteiger partial charge in [0.15, 0.2) is 0 Å². The van der Waals surface area contributed by atoms with Crippen molar-refractivity contribution in [3.05, 3.63) is 101 Å². The topological polar surface area (TPSA) is 125 Å². The maximum Gasteiger partial charge on any atom is 0.264 e. The summed E-state index contributed by atoms with van der Waals surface area (Å²) in [5.74, 6) is 0.203. The van der Waals surface area contributed by atoms with Crippen molar-refractivity contribution < 1.29 is 27.5 Å². The zero-order valence-corrected chi connectivity index (χ0v) is 33.4. The molecule has 1 saturated heterocycles. The van der Waals surface area contributed by atoms with Gasteiger partial charge in [-0.25, -0.2) is 17.8 Å². The molecule has 1 saturated carbocycles. The molecule has 2 atom stereocenters. The number of para-hydroxylation sites is 1. The van der Waals surface area contributed by atoms with Gasteiger partial charge in [-0.1, -0.05) is 43.5 Å². The molecule has 3 aromatic carbocycles. The van der Waals surface area contributed by atoms with E-state index >= 15 is 0 Å². The Kier molecular flexibility index (Phi) is 10.1. The number of benzene rings is 3. The lowest BCUT2D eigenvalue weighted by atomic mass is 9.81. The van der Waals surface area contributed by atoms with Gasteiger partial charge in [-0.15, -0.1) is 0 Å². The fourth-order valence-corrected chi connectivity index (χ4v) is 9.34. The molecular formula is C44H49N5O6S. The normalized spacial score (nSPS) is 19.0. The molecule has 0 unspecified atom stereocenters. The molecule has 0 bridgehead atoms. The Labute approximate surface area is 328 Å². The summed E-state index contributed by atoms with van der Waals surface area (Å²) >= 11 is 0. The minimum absolute atomic E-state index is 0.110. The zero-order valence-electron chi connectivity index (χ0n) is 32.6. The molecule has 1 N–H and O–H groups in total. The number of methoxy groups -OCH3 is 1. The van der Waals surface area contributed by atoms with Crippen LogP contribution in [0.25, 0.3) is 39.5 Å². The van der Waals surface area contributed by atoms with E-state index in [2.05, 4.69) is 21.4 Å². The van der Waals surface area contributed by atoms with Crippen LogP contribution in [0.1, 0.15) is 103 Å². The number of hydrogen-bond donors (Lipinski definition) is 1. The number of ether oxygens (including phenoxy) is 2. The van der Waals surface area contributed by atoms with E-state index in [0.717, 1.165) is 64.7 Å². The molecule has 12 heteroatoms. The first-order valence-electron chi connectivity index (χ1n) is 19.6. The molecule has 2 aromatic heterocycles. The maximum absolute atomic E-state index is 14.7. The summed E-state index contributed by atoms with van der Waals surface area (Å²) in [6, 6.07) is 21.5. The van der Waals surface area contributed by atoms with Gasteiger partial charge in [0.1, 0.15) is 5.75 Å². The number of amides is 2. The van der Waals surface area contributed by atoms with Crippen LogP contribution in [0.4, 0.5) is 0 Å². The maximum atomic E-state index is 14.7. The van der Waals surface area contributed by atoms with E-state index in [0.29, 0.717) is 36.6 Å². The van der Waals surface area contributed by atoms with Gasteiger partial charge >= 0.3 is 0 Å². The number of morpholine rings is 1. The highest BCUT2D eigenvalue weighted by molar-refractivity contribution is 7.90. The molecule has 292 valence electrons. The molecule has 2 amide bonds. The van der Waals surface area contributed by atoms with E-state index in [1.54, 1.807) is 33.2 Å². The van der Waals surface area contributed by atoms with Crippen molar-refractivity contribution in [2.24, 2.45) is 0 Å². The molecule has 4 heterocycles. The molecule has 2 fully saturated rings. The Morgan fingerprint density at radius 1 is 0.929 bits per heavy atom. The second-order valence-electron chi connectivity index (χ2n) is 15.7. The number of sulfonamides is 1. The van der Waals surface area contributed by atoms with Crippen molar-refractivity contribution >= 4 is 44.4 Å². The molecule has 56 heavy (non-hydrogen) atoms. The fraction of sp³-hybridized carbons (Fsp3) is 0.386. The number of fused-ring (bicyclic) bond motifs is 5. The lowest BCUT2D eigenvalue weighted by molar-refractivity contribution is -0.0586. The van der Waals surface area contributed by atoms with Gasteiger partial charge in [0.05, 0.1) is 59.9 Å². The summed E-state index contributed by atoms with van der Waals surface area (Å²) in [5.41, 5.74) is 8.12. The van der Waals surface area contributed by atoms with Gasteiger partial charge < -0.3 is 18.9 Å². The number of carbonyl (C=O) groups is 2. The molecule has 3 aliphatic rings. The Hall–Kier alpha value is -5.20. The predicted molar refractivity (Wildman–Crippen MR) is 219 cm³/mol. The lowest BCUT2D eigenvalue weighted by Crippen LogP contribution is -2.48. The van der Waals surface area contributed by atoms with Crippen LogP contribution in [0, 0.1) is 0 Å². The second kappa shape index (κ2) is 15.0. The van der Waals surface area contributed by atoms with Crippen molar-refractivity contribution in [2.45, 2.75) is 89.7 Å². The van der Waals surface area contributed by atoms with Crippen LogP contribution in [0.3, 0.4) is 0 Å². The predicted octanol–water partition coefficient (Wildman–Crippen LogP) is 7.82. The first kappa shape index (κ1) is 37.7. The third-order valence-corrected chi connectivity index (χ3v) is 13.1. The molecular weight excluding hydrogens is 727 g/mol. The van der Waals surface area contributed by atoms with Crippen LogP contribution in [0.15, 0.2) is 72.9 Å². The molecule has 5 aromatic rings. The number of aromatic nitrogens is 3. The summed E-state index contributed by atoms with van der Waals surface area (Å²) in [4.78, 5) is 30.1. The minimum Gasteiger partial charge on any atom is -0.497 e.